The van der Waals surface area contributed by atoms with Crippen LogP contribution in [0.3, 0.4) is 0 Å². The van der Waals surface area contributed by atoms with Crippen molar-refractivity contribution in [1.82, 2.24) is 0 Å². The van der Waals surface area contributed by atoms with E-state index in [4.69, 9.17) is 10.5 Å². The molecule has 1 rings (SSSR count). The molecule has 0 aromatic carbocycles. The van der Waals surface area contributed by atoms with Gasteiger partial charge in [-0.3, -0.25) is 0 Å². The maximum atomic E-state index is 11.5. The molecule has 5 heteroatoms. The Bertz CT molecular complexity index is 374. The molecule has 3 nitrogen and oxygen atoms in total. The van der Waals surface area contributed by atoms with Gasteiger partial charge in [0.05, 0.1) is 0 Å². The van der Waals surface area contributed by atoms with Crippen molar-refractivity contribution in [3.63, 3.8) is 0 Å². The first-order valence-electron chi connectivity index (χ1n) is 4.86. The molecule has 2 N–H and O–H groups in total. The van der Waals surface area contributed by atoms with Crippen LogP contribution in [-0.4, -0.2) is 18.6 Å². The molecule has 0 fully saturated rings. The van der Waals surface area contributed by atoms with E-state index < -0.39 is 6.04 Å². The number of halogens is 2. The van der Waals surface area contributed by atoms with Crippen LogP contribution >= 0.6 is 15.9 Å². The molecule has 1 heterocycles. The van der Waals surface area contributed by atoms with E-state index in [1.807, 2.05) is 12.2 Å². The van der Waals surface area contributed by atoms with Gasteiger partial charge in [0.25, 0.3) is 0 Å². The molecule has 1 atom stereocenters. The fourth-order valence-electron chi connectivity index (χ4n) is 1.06. The summed E-state index contributed by atoms with van der Waals surface area (Å²) in [6.07, 6.45) is 3.81. The van der Waals surface area contributed by atoms with Crippen molar-refractivity contribution in [3.05, 3.63) is 29.9 Å². The number of rotatable bonds is 3. The second-order valence-corrected chi connectivity index (χ2v) is 6.88. The zero-order chi connectivity index (χ0) is 12.1. The number of carbonyl (C=O) groups is 1. The van der Waals surface area contributed by atoms with Gasteiger partial charge in [-0.25, -0.2) is 0 Å². The van der Waals surface area contributed by atoms with Crippen molar-refractivity contribution in [2.45, 2.75) is 19.9 Å². The number of hydrogen-bond donors (Lipinski definition) is 1. The van der Waals surface area contributed by atoms with Crippen LogP contribution in [0.4, 0.5) is 0 Å². The number of esters is 1. The summed E-state index contributed by atoms with van der Waals surface area (Å²) in [4.78, 5) is 11.5. The van der Waals surface area contributed by atoms with Crippen LogP contribution < -0.4 is 26.9 Å². The fraction of sp³-hybridized carbons (Fsp3) is 0.364. The van der Waals surface area contributed by atoms with Crippen molar-refractivity contribution < 1.29 is 30.7 Å². The van der Waals surface area contributed by atoms with Crippen LogP contribution in [-0.2, 0) is 9.53 Å². The summed E-state index contributed by atoms with van der Waals surface area (Å²) in [5, 5.41) is 0. The molecule has 0 radical (unpaired) electrons. The Hall–Kier alpha value is -0.140. The molecule has 0 bridgehead atoms. The third kappa shape index (κ3) is 3.71. The summed E-state index contributed by atoms with van der Waals surface area (Å²) in [6.45, 7) is 4.22. The number of ether oxygens (including phenoxy) is 1. The molecule has 0 amide bonds. The topological polar surface area (TPSA) is 52.3 Å². The van der Waals surface area contributed by atoms with Crippen LogP contribution in [0.5, 0.6) is 0 Å². The van der Waals surface area contributed by atoms with E-state index in [0.29, 0.717) is 6.61 Å². The molecular formula is C11H14BrINO2-. The second-order valence-electron chi connectivity index (χ2n) is 3.16. The van der Waals surface area contributed by atoms with E-state index in [1.165, 1.54) is 3.58 Å². The number of carbonyl (C=O) groups excluding carboxylic acids is 1. The summed E-state index contributed by atoms with van der Waals surface area (Å²) in [6, 6.07) is -0.665. The summed E-state index contributed by atoms with van der Waals surface area (Å²) >= 11 is 3.27. The predicted molar refractivity (Wildman–Crippen MR) is 63.5 cm³/mol. The van der Waals surface area contributed by atoms with Crippen LogP contribution in [0, 0.1) is 0 Å². The fourth-order valence-corrected chi connectivity index (χ4v) is 3.67. The Morgan fingerprint density at radius 1 is 1.62 bits per heavy atom. The summed E-state index contributed by atoms with van der Waals surface area (Å²) in [5.41, 5.74) is 6.68. The second kappa shape index (κ2) is 6.56. The SMILES string of the molecule is CCOC(=O)C(N)C1=C[I-]C(C)=C(Br)C=C1. The molecule has 0 aliphatic carbocycles. The van der Waals surface area contributed by atoms with Crippen molar-refractivity contribution in [2.75, 3.05) is 6.61 Å². The summed E-state index contributed by atoms with van der Waals surface area (Å²) in [7, 11) is 0. The van der Waals surface area contributed by atoms with E-state index in [2.05, 4.69) is 26.9 Å². The Kier molecular flexibility index (Phi) is 5.71. The predicted octanol–water partition coefficient (Wildman–Crippen LogP) is -0.954. The van der Waals surface area contributed by atoms with Crippen molar-refractivity contribution in [2.24, 2.45) is 5.73 Å². The molecule has 1 unspecified atom stereocenters. The standard InChI is InChI=1S/C11H14BrINO2/c1-3-16-11(15)10(14)8-4-5-9(12)7(2)13-6-8/h4-6,10H,3,14H2,1-2H3/q-1. The van der Waals surface area contributed by atoms with Crippen molar-refractivity contribution >= 4 is 21.9 Å². The monoisotopic (exact) mass is 398 g/mol. The molecule has 0 saturated heterocycles. The average Bonchev–Trinajstić information content (AvgIpc) is 2.42. The van der Waals surface area contributed by atoms with E-state index in [-0.39, 0.29) is 27.2 Å². The van der Waals surface area contributed by atoms with Gasteiger partial charge in [0, 0.05) is 0 Å². The Morgan fingerprint density at radius 3 is 2.94 bits per heavy atom. The van der Waals surface area contributed by atoms with E-state index >= 15 is 0 Å². The third-order valence-corrected chi connectivity index (χ3v) is 6.14. The third-order valence-electron chi connectivity index (χ3n) is 2.00. The van der Waals surface area contributed by atoms with E-state index in [1.54, 1.807) is 6.92 Å². The van der Waals surface area contributed by atoms with Crippen molar-refractivity contribution in [3.8, 4) is 0 Å². The van der Waals surface area contributed by atoms with Gasteiger partial charge in [0.2, 0.25) is 0 Å². The normalized spacial score (nSPS) is 18.4. The van der Waals surface area contributed by atoms with Gasteiger partial charge < -0.3 is 0 Å². The average molecular weight is 399 g/mol. The van der Waals surface area contributed by atoms with Gasteiger partial charge in [-0.1, -0.05) is 0 Å². The zero-order valence-electron chi connectivity index (χ0n) is 9.17. The molecule has 0 spiro atoms. The maximum absolute atomic E-state index is 11.5. The van der Waals surface area contributed by atoms with Gasteiger partial charge in [0.15, 0.2) is 0 Å². The molecule has 0 aromatic heterocycles. The number of allylic oxidation sites excluding steroid dienone is 3. The molecule has 1 aliphatic rings. The Labute approximate surface area is 114 Å². The first-order valence-corrected chi connectivity index (χ1v) is 7.98. The first-order chi connectivity index (χ1) is 7.56. The van der Waals surface area contributed by atoms with E-state index in [0.717, 1.165) is 10.1 Å². The molecule has 0 aromatic rings. The van der Waals surface area contributed by atoms with Gasteiger partial charge in [0.1, 0.15) is 0 Å². The van der Waals surface area contributed by atoms with Gasteiger partial charge in [-0.2, -0.15) is 0 Å². The molecule has 90 valence electrons. The summed E-state index contributed by atoms with van der Waals surface area (Å²) < 4.78 is 9.38. The summed E-state index contributed by atoms with van der Waals surface area (Å²) in [5.74, 6) is -0.363. The Morgan fingerprint density at radius 2 is 2.31 bits per heavy atom. The van der Waals surface area contributed by atoms with Crippen LogP contribution in [0.15, 0.2) is 29.9 Å². The van der Waals surface area contributed by atoms with Crippen LogP contribution in [0.25, 0.3) is 0 Å². The van der Waals surface area contributed by atoms with Gasteiger partial charge in [-0.15, -0.1) is 0 Å². The first kappa shape index (κ1) is 13.9. The molecular weight excluding hydrogens is 385 g/mol. The molecule has 16 heavy (non-hydrogen) atoms. The minimum atomic E-state index is -0.665. The zero-order valence-corrected chi connectivity index (χ0v) is 12.9. The Balaban J connectivity index is 2.77. The quantitative estimate of drug-likeness (QED) is 0.492. The van der Waals surface area contributed by atoms with Gasteiger partial charge in [-0.05, 0) is 0 Å². The van der Waals surface area contributed by atoms with Crippen molar-refractivity contribution in [1.29, 1.82) is 0 Å². The number of nitrogens with two attached hydrogens (primary N) is 1. The van der Waals surface area contributed by atoms with Gasteiger partial charge >= 0.3 is 115 Å². The molecule has 0 saturated carbocycles. The number of hydrogen-bond acceptors (Lipinski definition) is 3. The van der Waals surface area contributed by atoms with E-state index in [9.17, 15) is 4.79 Å². The minimum absolute atomic E-state index is 0.204. The molecule has 1 aliphatic heterocycles. The van der Waals surface area contributed by atoms with Crippen LogP contribution in [0.1, 0.15) is 13.8 Å². The van der Waals surface area contributed by atoms with Crippen LogP contribution in [0.2, 0.25) is 0 Å².